The smallest absolute Gasteiger partial charge is 0.306 e. The summed E-state index contributed by atoms with van der Waals surface area (Å²) in [5.41, 5.74) is 2.31. The monoisotopic (exact) mass is 382 g/mol. The van der Waals surface area contributed by atoms with E-state index in [4.69, 9.17) is 19.5 Å². The van der Waals surface area contributed by atoms with Gasteiger partial charge in [-0.05, 0) is 41.8 Å². The van der Waals surface area contributed by atoms with Crippen molar-refractivity contribution in [3.63, 3.8) is 0 Å². The normalized spacial score (nSPS) is 9.89. The maximum Gasteiger partial charge on any atom is 0.306 e. The minimum Gasteiger partial charge on any atom is -0.497 e. The van der Waals surface area contributed by atoms with Crippen LogP contribution in [0.25, 0.3) is 0 Å². The number of amides is 1. The molecular formula is C21H22N2O5. The summed E-state index contributed by atoms with van der Waals surface area (Å²) in [4.78, 5) is 23.8. The highest BCUT2D eigenvalue weighted by Gasteiger charge is 2.10. The Morgan fingerprint density at radius 1 is 1.00 bits per heavy atom. The number of nitriles is 1. The van der Waals surface area contributed by atoms with Crippen molar-refractivity contribution in [1.82, 2.24) is 0 Å². The van der Waals surface area contributed by atoms with Gasteiger partial charge in [0.05, 0.1) is 26.7 Å². The minimum atomic E-state index is -0.471. The van der Waals surface area contributed by atoms with E-state index in [1.807, 2.05) is 12.1 Å². The molecule has 2 aromatic rings. The second-order valence-corrected chi connectivity index (χ2v) is 5.96. The summed E-state index contributed by atoms with van der Waals surface area (Å²) in [5.74, 6) is 0.386. The molecule has 0 atom stereocenters. The first-order valence-corrected chi connectivity index (χ1v) is 8.67. The van der Waals surface area contributed by atoms with Crippen LogP contribution in [-0.2, 0) is 27.2 Å². The molecule has 0 aromatic heterocycles. The van der Waals surface area contributed by atoms with Gasteiger partial charge >= 0.3 is 5.97 Å². The summed E-state index contributed by atoms with van der Waals surface area (Å²) in [5, 5.41) is 11.3. The van der Waals surface area contributed by atoms with Gasteiger partial charge in [0.1, 0.15) is 11.5 Å². The van der Waals surface area contributed by atoms with Crippen molar-refractivity contribution in [2.75, 3.05) is 26.1 Å². The molecule has 146 valence electrons. The zero-order valence-corrected chi connectivity index (χ0v) is 15.9. The Labute approximate surface area is 163 Å². The van der Waals surface area contributed by atoms with Crippen molar-refractivity contribution in [1.29, 1.82) is 5.26 Å². The molecule has 1 N–H and O–H groups in total. The second kappa shape index (κ2) is 10.6. The number of carbonyl (C=O) groups excluding carboxylic acids is 2. The molecule has 7 nitrogen and oxygen atoms in total. The number of hydrogen-bond donors (Lipinski definition) is 1. The Morgan fingerprint density at radius 2 is 1.64 bits per heavy atom. The zero-order valence-electron chi connectivity index (χ0n) is 15.9. The van der Waals surface area contributed by atoms with Crippen molar-refractivity contribution < 1.29 is 23.8 Å². The Hall–Kier alpha value is -3.53. The molecule has 7 heteroatoms. The van der Waals surface area contributed by atoms with Crippen molar-refractivity contribution in [2.24, 2.45) is 0 Å². The lowest BCUT2D eigenvalue weighted by atomic mass is 10.1. The van der Waals surface area contributed by atoms with Crippen LogP contribution in [-0.4, -0.2) is 32.7 Å². The summed E-state index contributed by atoms with van der Waals surface area (Å²) in [6.07, 6.45) is 0.881. The molecular weight excluding hydrogens is 360 g/mol. The number of benzene rings is 2. The first-order valence-electron chi connectivity index (χ1n) is 8.67. The number of nitrogens with zero attached hydrogens (tertiary/aromatic N) is 1. The molecule has 0 fully saturated rings. The topological polar surface area (TPSA) is 97.6 Å². The van der Waals surface area contributed by atoms with Crippen LogP contribution < -0.4 is 14.8 Å². The number of rotatable bonds is 9. The summed E-state index contributed by atoms with van der Waals surface area (Å²) >= 11 is 0. The molecule has 0 aliphatic carbocycles. The summed E-state index contributed by atoms with van der Waals surface area (Å²) in [6.45, 7) is -0.361. The average Bonchev–Trinajstić information content (AvgIpc) is 2.72. The van der Waals surface area contributed by atoms with Gasteiger partial charge in [0, 0.05) is 18.2 Å². The molecule has 0 bridgehead atoms. The number of nitrogens with one attached hydrogen (secondary N) is 1. The van der Waals surface area contributed by atoms with Gasteiger partial charge in [-0.1, -0.05) is 12.1 Å². The molecule has 2 aromatic carbocycles. The summed E-state index contributed by atoms with van der Waals surface area (Å²) < 4.78 is 15.4. The number of esters is 1. The molecule has 0 saturated heterocycles. The van der Waals surface area contributed by atoms with E-state index in [1.165, 1.54) is 0 Å². The summed E-state index contributed by atoms with van der Waals surface area (Å²) in [6, 6.07) is 14.3. The fourth-order valence-corrected chi connectivity index (χ4v) is 2.47. The van der Waals surface area contributed by atoms with E-state index in [9.17, 15) is 9.59 Å². The largest absolute Gasteiger partial charge is 0.497 e. The van der Waals surface area contributed by atoms with Gasteiger partial charge in [-0.15, -0.1) is 0 Å². The number of hydrogen-bond acceptors (Lipinski definition) is 6. The number of anilines is 1. The fraction of sp³-hybridized carbons (Fsp3) is 0.286. The van der Waals surface area contributed by atoms with Gasteiger partial charge in [0.25, 0.3) is 5.91 Å². The lowest BCUT2D eigenvalue weighted by Crippen LogP contribution is -2.21. The highest BCUT2D eigenvalue weighted by molar-refractivity contribution is 5.92. The SMILES string of the molecule is COc1cc(CCC(=O)OCC(=O)Nc2ccc(CC#N)cc2)cc(OC)c1. The first kappa shape index (κ1) is 20.8. The van der Waals surface area contributed by atoms with Crippen LogP contribution in [0.3, 0.4) is 0 Å². The van der Waals surface area contributed by atoms with Gasteiger partial charge in [-0.3, -0.25) is 9.59 Å². The third-order valence-electron chi connectivity index (χ3n) is 3.91. The van der Waals surface area contributed by atoms with Crippen LogP contribution in [0.1, 0.15) is 17.5 Å². The van der Waals surface area contributed by atoms with Crippen LogP contribution >= 0.6 is 0 Å². The molecule has 0 spiro atoms. The van der Waals surface area contributed by atoms with E-state index in [1.54, 1.807) is 44.6 Å². The van der Waals surface area contributed by atoms with E-state index in [-0.39, 0.29) is 13.0 Å². The molecule has 0 aliphatic heterocycles. The number of methoxy groups -OCH3 is 2. The lowest BCUT2D eigenvalue weighted by molar-refractivity contribution is -0.147. The van der Waals surface area contributed by atoms with Crippen molar-refractivity contribution in [3.05, 3.63) is 53.6 Å². The van der Waals surface area contributed by atoms with Gasteiger partial charge in [0.15, 0.2) is 6.61 Å². The Kier molecular flexibility index (Phi) is 7.85. The minimum absolute atomic E-state index is 0.131. The van der Waals surface area contributed by atoms with Crippen LogP contribution in [0.5, 0.6) is 11.5 Å². The molecule has 1 amide bonds. The molecule has 0 heterocycles. The van der Waals surface area contributed by atoms with Crippen molar-refractivity contribution in [2.45, 2.75) is 19.3 Å². The van der Waals surface area contributed by atoms with Gasteiger partial charge in [0.2, 0.25) is 0 Å². The van der Waals surface area contributed by atoms with Crippen molar-refractivity contribution >= 4 is 17.6 Å². The average molecular weight is 382 g/mol. The van der Waals surface area contributed by atoms with Crippen LogP contribution in [0, 0.1) is 11.3 Å². The zero-order chi connectivity index (χ0) is 20.4. The molecule has 0 saturated carbocycles. The molecule has 0 aliphatic rings. The molecule has 0 radical (unpaired) electrons. The maximum atomic E-state index is 11.9. The Bertz CT molecular complexity index is 834. The predicted octanol–water partition coefficient (Wildman–Crippen LogP) is 2.88. The second-order valence-electron chi connectivity index (χ2n) is 5.96. The third kappa shape index (κ3) is 6.65. The van der Waals surface area contributed by atoms with E-state index >= 15 is 0 Å². The van der Waals surface area contributed by atoms with Crippen LogP contribution in [0.15, 0.2) is 42.5 Å². The number of aryl methyl sites for hydroxylation is 1. The van der Waals surface area contributed by atoms with Crippen LogP contribution in [0.2, 0.25) is 0 Å². The fourth-order valence-electron chi connectivity index (χ4n) is 2.47. The van der Waals surface area contributed by atoms with E-state index in [0.717, 1.165) is 11.1 Å². The predicted molar refractivity (Wildman–Crippen MR) is 103 cm³/mol. The maximum absolute atomic E-state index is 11.9. The molecule has 28 heavy (non-hydrogen) atoms. The number of carbonyl (C=O) groups is 2. The Morgan fingerprint density at radius 3 is 2.21 bits per heavy atom. The van der Waals surface area contributed by atoms with E-state index in [0.29, 0.717) is 30.0 Å². The lowest BCUT2D eigenvalue weighted by Gasteiger charge is -2.09. The summed E-state index contributed by atoms with van der Waals surface area (Å²) in [7, 11) is 3.12. The number of ether oxygens (including phenoxy) is 3. The molecule has 0 unspecified atom stereocenters. The van der Waals surface area contributed by atoms with E-state index in [2.05, 4.69) is 11.4 Å². The van der Waals surface area contributed by atoms with Crippen LogP contribution in [0.4, 0.5) is 5.69 Å². The van der Waals surface area contributed by atoms with E-state index < -0.39 is 11.9 Å². The quantitative estimate of drug-likeness (QED) is 0.670. The third-order valence-corrected chi connectivity index (χ3v) is 3.91. The molecule has 2 rings (SSSR count). The first-order chi connectivity index (χ1) is 13.5. The van der Waals surface area contributed by atoms with Gasteiger partial charge < -0.3 is 19.5 Å². The van der Waals surface area contributed by atoms with Gasteiger partial charge in [-0.2, -0.15) is 5.26 Å². The highest BCUT2D eigenvalue weighted by atomic mass is 16.5. The van der Waals surface area contributed by atoms with Crippen molar-refractivity contribution in [3.8, 4) is 17.6 Å². The highest BCUT2D eigenvalue weighted by Crippen LogP contribution is 2.23. The standard InChI is InChI=1S/C21H22N2O5/c1-26-18-11-16(12-19(13-18)27-2)5-8-21(25)28-14-20(24)23-17-6-3-15(4-7-17)9-10-22/h3-4,6-7,11-13H,5,8-9,14H2,1-2H3,(H,23,24). The van der Waals surface area contributed by atoms with Gasteiger partial charge in [-0.25, -0.2) is 0 Å². The Balaban J connectivity index is 1.77.